The average molecular weight is 403 g/mol. The van der Waals surface area contributed by atoms with Crippen molar-refractivity contribution >= 4 is 28.2 Å². The number of rotatable bonds is 5. The highest BCUT2D eigenvalue weighted by atomic mass is 32.1. The second kappa shape index (κ2) is 7.52. The number of aromatic nitrogens is 4. The average Bonchev–Trinajstić information content (AvgIpc) is 3.39. The van der Waals surface area contributed by atoms with E-state index in [1.165, 1.54) is 23.3 Å². The van der Waals surface area contributed by atoms with Crippen LogP contribution >= 0.6 is 11.3 Å². The summed E-state index contributed by atoms with van der Waals surface area (Å²) in [5.41, 5.74) is 6.16. The molecule has 0 fully saturated rings. The molecule has 0 amide bonds. The highest BCUT2D eigenvalue weighted by Gasteiger charge is 2.17. The van der Waals surface area contributed by atoms with Gasteiger partial charge in [-0.25, -0.2) is 4.98 Å². The highest BCUT2D eigenvalue weighted by molar-refractivity contribution is 7.14. The van der Waals surface area contributed by atoms with Gasteiger partial charge in [0.15, 0.2) is 11.4 Å². The van der Waals surface area contributed by atoms with Gasteiger partial charge in [0.25, 0.3) is 0 Å². The number of carbonyl (C=O) groups is 1. The van der Waals surface area contributed by atoms with E-state index >= 15 is 0 Å². The first-order valence-electron chi connectivity index (χ1n) is 10.1. The summed E-state index contributed by atoms with van der Waals surface area (Å²) in [6.45, 7) is 2.01. The Morgan fingerprint density at radius 1 is 1.21 bits per heavy atom. The molecule has 5 nitrogen and oxygen atoms in total. The Balaban J connectivity index is 1.33. The summed E-state index contributed by atoms with van der Waals surface area (Å²) < 4.78 is 0. The van der Waals surface area contributed by atoms with Crippen molar-refractivity contribution in [1.29, 1.82) is 0 Å². The Labute approximate surface area is 173 Å². The van der Waals surface area contributed by atoms with Crippen LogP contribution in [0, 0.1) is 6.92 Å². The summed E-state index contributed by atoms with van der Waals surface area (Å²) in [6.07, 6.45) is 9.56. The SMILES string of the molecule is Cc1nc(-c2ccnc3[nH]ncc23)ccc1CCC(=O)c1cc2c(s1)CCCC2. The van der Waals surface area contributed by atoms with E-state index in [0.29, 0.717) is 6.42 Å². The number of pyridine rings is 2. The van der Waals surface area contributed by atoms with Gasteiger partial charge in [-0.3, -0.25) is 14.9 Å². The molecule has 0 saturated carbocycles. The highest BCUT2D eigenvalue weighted by Crippen LogP contribution is 2.31. The third kappa shape index (κ3) is 3.49. The van der Waals surface area contributed by atoms with E-state index in [1.807, 2.05) is 19.1 Å². The van der Waals surface area contributed by atoms with Crippen molar-refractivity contribution in [1.82, 2.24) is 20.2 Å². The van der Waals surface area contributed by atoms with E-state index in [2.05, 4.69) is 27.3 Å². The molecule has 1 N–H and O–H groups in total. The molecule has 1 aliphatic carbocycles. The molecule has 0 unspecified atom stereocenters. The fourth-order valence-electron chi connectivity index (χ4n) is 4.08. The fraction of sp³-hybridized carbons (Fsp3) is 0.304. The first kappa shape index (κ1) is 18.2. The van der Waals surface area contributed by atoms with Gasteiger partial charge in [-0.15, -0.1) is 11.3 Å². The number of aromatic amines is 1. The van der Waals surface area contributed by atoms with Crippen LogP contribution in [0.15, 0.2) is 36.7 Å². The third-order valence-electron chi connectivity index (χ3n) is 5.72. The van der Waals surface area contributed by atoms with E-state index in [0.717, 1.165) is 57.7 Å². The van der Waals surface area contributed by atoms with Gasteiger partial charge in [0.1, 0.15) is 0 Å². The normalized spacial score (nSPS) is 13.6. The molecule has 0 saturated heterocycles. The standard InChI is InChI=1S/C23H22N4OS/c1-14-15(7-9-20(28)22-12-16-4-2-3-5-21(16)29-22)6-8-19(26-14)17-10-11-24-23-18(17)13-25-27-23/h6,8,10-13H,2-5,7,9H2,1H3,(H,24,25,27). The van der Waals surface area contributed by atoms with Gasteiger partial charge in [-0.2, -0.15) is 5.10 Å². The molecule has 1 aliphatic rings. The second-order valence-corrected chi connectivity index (χ2v) is 8.76. The number of nitrogens with zero attached hydrogens (tertiary/aromatic N) is 3. The smallest absolute Gasteiger partial charge is 0.173 e. The number of hydrogen-bond acceptors (Lipinski definition) is 5. The van der Waals surface area contributed by atoms with Crippen molar-refractivity contribution in [3.8, 4) is 11.3 Å². The van der Waals surface area contributed by atoms with Crippen LogP contribution < -0.4 is 0 Å². The van der Waals surface area contributed by atoms with Gasteiger partial charge >= 0.3 is 0 Å². The number of carbonyl (C=O) groups excluding carboxylic acids is 1. The number of aryl methyl sites for hydroxylation is 4. The van der Waals surface area contributed by atoms with Crippen LogP contribution in [-0.2, 0) is 19.3 Å². The molecule has 6 heteroatoms. The maximum Gasteiger partial charge on any atom is 0.173 e. The Morgan fingerprint density at radius 3 is 2.97 bits per heavy atom. The zero-order valence-corrected chi connectivity index (χ0v) is 17.2. The Bertz CT molecular complexity index is 1180. The van der Waals surface area contributed by atoms with Gasteiger partial charge in [-0.1, -0.05) is 6.07 Å². The maximum absolute atomic E-state index is 12.7. The number of thiophene rings is 1. The number of ketones is 1. The third-order valence-corrected chi connectivity index (χ3v) is 7.00. The van der Waals surface area contributed by atoms with E-state index in [9.17, 15) is 4.79 Å². The Morgan fingerprint density at radius 2 is 2.10 bits per heavy atom. The van der Waals surface area contributed by atoms with Gasteiger partial charge in [0, 0.05) is 34.1 Å². The summed E-state index contributed by atoms with van der Waals surface area (Å²) >= 11 is 1.70. The quantitative estimate of drug-likeness (QED) is 0.472. The van der Waals surface area contributed by atoms with Crippen molar-refractivity contribution in [3.05, 3.63) is 63.2 Å². The van der Waals surface area contributed by atoms with Crippen LogP contribution in [0.25, 0.3) is 22.3 Å². The number of H-pyrrole nitrogens is 1. The van der Waals surface area contributed by atoms with Crippen LogP contribution in [0.5, 0.6) is 0 Å². The maximum atomic E-state index is 12.7. The predicted molar refractivity (Wildman–Crippen MR) is 115 cm³/mol. The van der Waals surface area contributed by atoms with Gasteiger partial charge in [0.05, 0.1) is 16.8 Å². The molecule has 29 heavy (non-hydrogen) atoms. The number of nitrogens with one attached hydrogen (secondary N) is 1. The molecule has 0 bridgehead atoms. The van der Waals surface area contributed by atoms with Gasteiger partial charge < -0.3 is 0 Å². The molecule has 5 rings (SSSR count). The van der Waals surface area contributed by atoms with Crippen LogP contribution in [0.4, 0.5) is 0 Å². The van der Waals surface area contributed by atoms with Crippen molar-refractivity contribution in [2.75, 3.05) is 0 Å². The molecular formula is C23H22N4OS. The van der Waals surface area contributed by atoms with Crippen LogP contribution in [0.1, 0.15) is 50.6 Å². The lowest BCUT2D eigenvalue weighted by Crippen LogP contribution is -2.02. The van der Waals surface area contributed by atoms with Crippen molar-refractivity contribution in [2.24, 2.45) is 0 Å². The predicted octanol–water partition coefficient (Wildman–Crippen LogP) is 5.08. The Kier molecular flexibility index (Phi) is 4.72. The first-order chi connectivity index (χ1) is 14.2. The van der Waals surface area contributed by atoms with Crippen LogP contribution in [0.3, 0.4) is 0 Å². The molecule has 4 aromatic heterocycles. The number of Topliss-reactive ketones (excluding diaryl/α,β-unsaturated/α-hetero) is 1. The van der Waals surface area contributed by atoms with Crippen molar-refractivity contribution in [3.63, 3.8) is 0 Å². The van der Waals surface area contributed by atoms with Gasteiger partial charge in [-0.05, 0) is 68.4 Å². The molecule has 0 spiro atoms. The van der Waals surface area contributed by atoms with Crippen LogP contribution in [0.2, 0.25) is 0 Å². The summed E-state index contributed by atoms with van der Waals surface area (Å²) in [5, 5.41) is 7.94. The molecule has 146 valence electrons. The first-order valence-corrected chi connectivity index (χ1v) is 10.9. The second-order valence-electron chi connectivity index (χ2n) is 7.62. The monoisotopic (exact) mass is 402 g/mol. The lowest BCUT2D eigenvalue weighted by molar-refractivity contribution is 0.0986. The molecule has 4 heterocycles. The summed E-state index contributed by atoms with van der Waals surface area (Å²) in [6, 6.07) is 8.21. The summed E-state index contributed by atoms with van der Waals surface area (Å²) in [5.74, 6) is 0.252. The molecular weight excluding hydrogens is 380 g/mol. The van der Waals surface area contributed by atoms with E-state index in [4.69, 9.17) is 4.98 Å². The lowest BCUT2D eigenvalue weighted by atomic mass is 9.98. The molecule has 0 aromatic carbocycles. The van der Waals surface area contributed by atoms with Gasteiger partial charge in [0.2, 0.25) is 0 Å². The lowest BCUT2D eigenvalue weighted by Gasteiger charge is -2.08. The minimum Gasteiger partial charge on any atom is -0.293 e. The van der Waals surface area contributed by atoms with E-state index in [-0.39, 0.29) is 5.78 Å². The fourth-order valence-corrected chi connectivity index (χ4v) is 5.30. The molecule has 0 radical (unpaired) electrons. The largest absolute Gasteiger partial charge is 0.293 e. The number of hydrogen-bond donors (Lipinski definition) is 1. The van der Waals surface area contributed by atoms with Crippen molar-refractivity contribution in [2.45, 2.75) is 45.4 Å². The minimum atomic E-state index is 0.252. The zero-order valence-electron chi connectivity index (χ0n) is 16.4. The van der Waals surface area contributed by atoms with Crippen LogP contribution in [-0.4, -0.2) is 25.9 Å². The summed E-state index contributed by atoms with van der Waals surface area (Å²) in [4.78, 5) is 24.2. The molecule has 4 aromatic rings. The minimum absolute atomic E-state index is 0.252. The molecule has 0 aliphatic heterocycles. The van der Waals surface area contributed by atoms with Crippen molar-refractivity contribution < 1.29 is 4.79 Å². The number of fused-ring (bicyclic) bond motifs is 2. The zero-order chi connectivity index (χ0) is 19.8. The van der Waals surface area contributed by atoms with E-state index in [1.54, 1.807) is 23.7 Å². The summed E-state index contributed by atoms with van der Waals surface area (Å²) in [7, 11) is 0. The molecule has 0 atom stereocenters. The Hall–Kier alpha value is -2.86. The topological polar surface area (TPSA) is 71.5 Å². The van der Waals surface area contributed by atoms with E-state index < -0.39 is 0 Å².